The lowest BCUT2D eigenvalue weighted by Gasteiger charge is -2.41. The minimum atomic E-state index is 0.405. The summed E-state index contributed by atoms with van der Waals surface area (Å²) in [5.41, 5.74) is 0. The van der Waals surface area contributed by atoms with E-state index in [9.17, 15) is 0 Å². The van der Waals surface area contributed by atoms with Crippen LogP contribution in [0.25, 0.3) is 0 Å². The molecule has 0 aliphatic carbocycles. The third kappa shape index (κ3) is 2.24. The smallest absolute Gasteiger partial charge is 0.0753 e. The molecule has 0 amide bonds. The first-order valence-electron chi connectivity index (χ1n) is 5.34. The summed E-state index contributed by atoms with van der Waals surface area (Å²) in [6.45, 7) is 4.82. The molecule has 0 saturated carbocycles. The predicted octanol–water partition coefficient (Wildman–Crippen LogP) is -0.0372. The molecule has 2 rings (SSSR count). The zero-order valence-corrected chi connectivity index (χ0v) is 8.41. The Labute approximate surface area is 84.8 Å². The summed E-state index contributed by atoms with van der Waals surface area (Å²) in [5, 5.41) is 12.0. The molecule has 1 N–H and O–H groups in total. The van der Waals surface area contributed by atoms with Crippen molar-refractivity contribution in [2.45, 2.75) is 25.0 Å². The average Bonchev–Trinajstić information content (AvgIpc) is 2.26. The van der Waals surface area contributed by atoms with Gasteiger partial charge in [-0.05, 0) is 6.42 Å². The third-order valence-electron chi connectivity index (χ3n) is 3.01. The van der Waals surface area contributed by atoms with Gasteiger partial charge in [0.15, 0.2) is 0 Å². The maximum atomic E-state index is 8.51. The Kier molecular flexibility index (Phi) is 3.35. The van der Waals surface area contributed by atoms with Crippen molar-refractivity contribution in [3.63, 3.8) is 0 Å². The summed E-state index contributed by atoms with van der Waals surface area (Å²) in [7, 11) is 0. The first kappa shape index (κ1) is 9.91. The lowest BCUT2D eigenvalue weighted by Crippen LogP contribution is -2.58. The van der Waals surface area contributed by atoms with Crippen molar-refractivity contribution in [2.75, 3.05) is 32.8 Å². The van der Waals surface area contributed by atoms with Gasteiger partial charge in [0.25, 0.3) is 0 Å². The van der Waals surface area contributed by atoms with Crippen LogP contribution in [0.3, 0.4) is 0 Å². The number of nitrogens with zero attached hydrogens (tertiary/aromatic N) is 2. The van der Waals surface area contributed by atoms with Crippen LogP contribution in [0.1, 0.15) is 12.8 Å². The number of ether oxygens (including phenoxy) is 1. The van der Waals surface area contributed by atoms with Crippen molar-refractivity contribution in [1.82, 2.24) is 10.2 Å². The molecule has 2 aliphatic heterocycles. The van der Waals surface area contributed by atoms with Crippen LogP contribution in [-0.2, 0) is 4.74 Å². The third-order valence-corrected chi connectivity index (χ3v) is 3.01. The van der Waals surface area contributed by atoms with Gasteiger partial charge in [-0.1, -0.05) is 0 Å². The van der Waals surface area contributed by atoms with E-state index in [0.717, 1.165) is 39.2 Å². The number of likely N-dealkylation sites (tertiary alicyclic amines) is 1. The van der Waals surface area contributed by atoms with E-state index in [4.69, 9.17) is 10.00 Å². The quantitative estimate of drug-likeness (QED) is 0.672. The second-order valence-corrected chi connectivity index (χ2v) is 3.97. The number of hydrogen-bond donors (Lipinski definition) is 1. The highest BCUT2D eigenvalue weighted by molar-refractivity contribution is 4.89. The zero-order chi connectivity index (χ0) is 9.80. The van der Waals surface area contributed by atoms with Crippen LogP contribution in [0.4, 0.5) is 0 Å². The molecule has 2 aliphatic rings. The predicted molar refractivity (Wildman–Crippen MR) is 52.8 cm³/mol. The molecule has 4 nitrogen and oxygen atoms in total. The first-order chi connectivity index (χ1) is 6.90. The summed E-state index contributed by atoms with van der Waals surface area (Å²) >= 11 is 0. The van der Waals surface area contributed by atoms with Crippen molar-refractivity contribution in [2.24, 2.45) is 0 Å². The van der Waals surface area contributed by atoms with E-state index >= 15 is 0 Å². The van der Waals surface area contributed by atoms with Crippen LogP contribution in [0.2, 0.25) is 0 Å². The maximum Gasteiger partial charge on any atom is 0.0753 e. The van der Waals surface area contributed by atoms with Gasteiger partial charge in [0.1, 0.15) is 0 Å². The van der Waals surface area contributed by atoms with Crippen molar-refractivity contribution in [1.29, 1.82) is 5.26 Å². The first-order valence-corrected chi connectivity index (χ1v) is 5.34. The molecule has 0 spiro atoms. The van der Waals surface area contributed by atoms with Crippen molar-refractivity contribution >= 4 is 0 Å². The van der Waals surface area contributed by atoms with Crippen LogP contribution in [0, 0.1) is 11.3 Å². The Balaban J connectivity index is 1.81. The van der Waals surface area contributed by atoms with Crippen LogP contribution in [-0.4, -0.2) is 49.8 Å². The topological polar surface area (TPSA) is 48.3 Å². The molecule has 2 fully saturated rings. The molecule has 14 heavy (non-hydrogen) atoms. The van der Waals surface area contributed by atoms with Gasteiger partial charge in [-0.15, -0.1) is 0 Å². The van der Waals surface area contributed by atoms with Crippen LogP contribution < -0.4 is 5.32 Å². The van der Waals surface area contributed by atoms with Crippen molar-refractivity contribution < 1.29 is 4.74 Å². The summed E-state index contributed by atoms with van der Waals surface area (Å²) in [6.07, 6.45) is 2.14. The van der Waals surface area contributed by atoms with Gasteiger partial charge in [-0.3, -0.25) is 0 Å². The van der Waals surface area contributed by atoms with Crippen molar-refractivity contribution in [3.05, 3.63) is 0 Å². The largest absolute Gasteiger partial charge is 0.375 e. The van der Waals surface area contributed by atoms with Crippen LogP contribution >= 0.6 is 0 Å². The monoisotopic (exact) mass is 195 g/mol. The number of rotatable bonds is 2. The molecule has 0 aromatic rings. The van der Waals surface area contributed by atoms with Gasteiger partial charge in [-0.25, -0.2) is 0 Å². The van der Waals surface area contributed by atoms with E-state index in [1.54, 1.807) is 0 Å². The normalized spacial score (nSPS) is 33.4. The number of piperidine rings is 1. The zero-order valence-electron chi connectivity index (χ0n) is 8.41. The van der Waals surface area contributed by atoms with E-state index in [0.29, 0.717) is 18.6 Å². The lowest BCUT2D eigenvalue weighted by atomic mass is 10.0. The summed E-state index contributed by atoms with van der Waals surface area (Å²) in [5.74, 6) is 0. The molecule has 2 saturated heterocycles. The Hall–Kier alpha value is -0.630. The van der Waals surface area contributed by atoms with E-state index < -0.39 is 0 Å². The van der Waals surface area contributed by atoms with Gasteiger partial charge >= 0.3 is 0 Å². The highest BCUT2D eigenvalue weighted by Crippen LogP contribution is 2.16. The fourth-order valence-electron chi connectivity index (χ4n) is 2.26. The molecule has 0 bridgehead atoms. The number of nitrogens with one attached hydrogen (secondary N) is 1. The highest BCUT2D eigenvalue weighted by atomic mass is 16.5. The standard InChI is InChI=1S/C10H17N3O/c11-3-1-5-13-6-2-10-9(8-13)12-4-7-14-10/h9-10,12H,1-2,4-8H2. The Morgan fingerprint density at radius 3 is 3.36 bits per heavy atom. The average molecular weight is 195 g/mol. The number of hydrogen-bond acceptors (Lipinski definition) is 4. The van der Waals surface area contributed by atoms with Gasteiger partial charge in [0.05, 0.1) is 18.8 Å². The number of morpholine rings is 1. The molecule has 0 radical (unpaired) electrons. The molecule has 2 heterocycles. The van der Waals surface area contributed by atoms with Gasteiger partial charge in [0.2, 0.25) is 0 Å². The summed E-state index contributed by atoms with van der Waals surface area (Å²) < 4.78 is 5.68. The van der Waals surface area contributed by atoms with Crippen LogP contribution in [0.15, 0.2) is 0 Å². The molecule has 0 aromatic carbocycles. The molecular weight excluding hydrogens is 178 g/mol. The molecular formula is C10H17N3O. The molecule has 2 unspecified atom stereocenters. The Morgan fingerprint density at radius 2 is 2.50 bits per heavy atom. The summed E-state index contributed by atoms with van der Waals surface area (Å²) in [4.78, 5) is 2.35. The SMILES string of the molecule is N#CCCN1CCC2OCCNC2C1. The number of fused-ring (bicyclic) bond motifs is 1. The second-order valence-electron chi connectivity index (χ2n) is 3.97. The minimum Gasteiger partial charge on any atom is -0.375 e. The van der Waals surface area contributed by atoms with Gasteiger partial charge < -0.3 is 15.0 Å². The Morgan fingerprint density at radius 1 is 1.57 bits per heavy atom. The van der Waals surface area contributed by atoms with E-state index in [1.165, 1.54) is 0 Å². The van der Waals surface area contributed by atoms with Gasteiger partial charge in [-0.2, -0.15) is 5.26 Å². The molecule has 0 aromatic heterocycles. The van der Waals surface area contributed by atoms with E-state index in [-0.39, 0.29) is 0 Å². The lowest BCUT2D eigenvalue weighted by molar-refractivity contribution is -0.0425. The fraction of sp³-hybridized carbons (Fsp3) is 0.900. The Bertz CT molecular complexity index is 226. The van der Waals surface area contributed by atoms with Gasteiger partial charge in [0, 0.05) is 38.6 Å². The summed E-state index contributed by atoms with van der Waals surface area (Å²) in [6, 6.07) is 2.68. The molecule has 4 heteroatoms. The van der Waals surface area contributed by atoms with Crippen LogP contribution in [0.5, 0.6) is 0 Å². The minimum absolute atomic E-state index is 0.405. The number of nitriles is 1. The fourth-order valence-corrected chi connectivity index (χ4v) is 2.26. The second kappa shape index (κ2) is 4.74. The van der Waals surface area contributed by atoms with E-state index in [2.05, 4.69) is 16.3 Å². The highest BCUT2D eigenvalue weighted by Gasteiger charge is 2.31. The molecule has 78 valence electrons. The van der Waals surface area contributed by atoms with Crippen molar-refractivity contribution in [3.8, 4) is 6.07 Å². The molecule has 2 atom stereocenters. The van der Waals surface area contributed by atoms with E-state index in [1.807, 2.05) is 0 Å². The maximum absolute atomic E-state index is 8.51.